The molecule has 0 aliphatic carbocycles. The van der Waals surface area contributed by atoms with Gasteiger partial charge < -0.3 is 9.64 Å². The monoisotopic (exact) mass is 415 g/mol. The van der Waals surface area contributed by atoms with Crippen LogP contribution in [-0.4, -0.2) is 36.1 Å². The standard InChI is InChI=1S/C22H26ClN3O3/c23-18-7-5-17(6-8-18)16-25-13-4-14-29-22(25)20-15-19(26(27)28)9-10-21(20)24-11-2-1-3-12-24/h5-10,15,22H,1-4,11-14,16H2. The highest BCUT2D eigenvalue weighted by Gasteiger charge is 2.30. The highest BCUT2D eigenvalue weighted by molar-refractivity contribution is 6.30. The van der Waals surface area contributed by atoms with Gasteiger partial charge in [-0.25, -0.2) is 0 Å². The number of nitro benzene ring substituents is 1. The lowest BCUT2D eigenvalue weighted by atomic mass is 10.0. The maximum Gasteiger partial charge on any atom is 0.270 e. The molecule has 2 fully saturated rings. The van der Waals surface area contributed by atoms with Gasteiger partial charge in [-0.05, 0) is 49.4 Å². The summed E-state index contributed by atoms with van der Waals surface area (Å²) in [4.78, 5) is 15.7. The van der Waals surface area contributed by atoms with E-state index in [-0.39, 0.29) is 16.8 Å². The Bertz CT molecular complexity index is 853. The second-order valence-corrected chi connectivity index (χ2v) is 8.16. The van der Waals surface area contributed by atoms with Crippen molar-refractivity contribution in [3.8, 4) is 0 Å². The van der Waals surface area contributed by atoms with Crippen molar-refractivity contribution in [2.24, 2.45) is 0 Å². The molecule has 2 aromatic carbocycles. The third-order valence-electron chi connectivity index (χ3n) is 5.68. The van der Waals surface area contributed by atoms with Crippen LogP contribution in [0.2, 0.25) is 5.02 Å². The number of benzene rings is 2. The van der Waals surface area contributed by atoms with Gasteiger partial charge in [-0.1, -0.05) is 23.7 Å². The van der Waals surface area contributed by atoms with Crippen LogP contribution in [0.3, 0.4) is 0 Å². The van der Waals surface area contributed by atoms with Crippen molar-refractivity contribution in [2.45, 2.75) is 38.5 Å². The first-order valence-electron chi connectivity index (χ1n) is 10.3. The first-order chi connectivity index (χ1) is 14.1. The average molecular weight is 416 g/mol. The zero-order chi connectivity index (χ0) is 20.2. The molecule has 0 aromatic heterocycles. The van der Waals surface area contributed by atoms with Gasteiger partial charge in [0.2, 0.25) is 0 Å². The van der Waals surface area contributed by atoms with E-state index in [1.165, 1.54) is 6.42 Å². The van der Waals surface area contributed by atoms with Gasteiger partial charge in [-0.15, -0.1) is 0 Å². The molecule has 4 rings (SSSR count). The van der Waals surface area contributed by atoms with Gasteiger partial charge in [0.15, 0.2) is 0 Å². The number of halogens is 1. The van der Waals surface area contributed by atoms with Crippen molar-refractivity contribution < 1.29 is 9.66 Å². The minimum absolute atomic E-state index is 0.112. The molecular formula is C22H26ClN3O3. The Balaban J connectivity index is 1.67. The van der Waals surface area contributed by atoms with E-state index < -0.39 is 0 Å². The summed E-state index contributed by atoms with van der Waals surface area (Å²) < 4.78 is 6.19. The van der Waals surface area contributed by atoms with Gasteiger partial charge in [0, 0.05) is 54.6 Å². The largest absolute Gasteiger partial charge is 0.371 e. The lowest BCUT2D eigenvalue weighted by molar-refractivity contribution is -0.385. The molecular weight excluding hydrogens is 390 g/mol. The molecule has 1 unspecified atom stereocenters. The fraction of sp³-hybridized carbons (Fsp3) is 0.455. The molecule has 2 aliphatic heterocycles. The summed E-state index contributed by atoms with van der Waals surface area (Å²) in [6, 6.07) is 13.0. The van der Waals surface area contributed by atoms with E-state index >= 15 is 0 Å². The number of nitrogens with zero attached hydrogens (tertiary/aromatic N) is 3. The van der Waals surface area contributed by atoms with Gasteiger partial charge >= 0.3 is 0 Å². The third-order valence-corrected chi connectivity index (χ3v) is 5.93. The third kappa shape index (κ3) is 4.71. The molecule has 0 radical (unpaired) electrons. The van der Waals surface area contributed by atoms with Gasteiger partial charge in [0.1, 0.15) is 6.23 Å². The van der Waals surface area contributed by atoms with Crippen LogP contribution in [0.25, 0.3) is 0 Å². The van der Waals surface area contributed by atoms with Crippen molar-refractivity contribution in [3.63, 3.8) is 0 Å². The summed E-state index contributed by atoms with van der Waals surface area (Å²) in [7, 11) is 0. The second-order valence-electron chi connectivity index (χ2n) is 7.72. The number of anilines is 1. The quantitative estimate of drug-likeness (QED) is 0.498. The van der Waals surface area contributed by atoms with Crippen molar-refractivity contribution in [1.82, 2.24) is 4.90 Å². The molecule has 0 amide bonds. The topological polar surface area (TPSA) is 58.9 Å². The lowest BCUT2D eigenvalue weighted by Crippen LogP contribution is -2.38. The van der Waals surface area contributed by atoms with E-state index in [4.69, 9.17) is 16.3 Å². The fourth-order valence-corrected chi connectivity index (χ4v) is 4.36. The molecule has 0 saturated carbocycles. The molecule has 0 bridgehead atoms. The van der Waals surface area contributed by atoms with E-state index in [2.05, 4.69) is 9.80 Å². The molecule has 2 aliphatic rings. The number of non-ortho nitro benzene ring substituents is 1. The van der Waals surface area contributed by atoms with E-state index in [9.17, 15) is 10.1 Å². The maximum atomic E-state index is 11.5. The summed E-state index contributed by atoms with van der Waals surface area (Å²) >= 11 is 6.03. The van der Waals surface area contributed by atoms with Crippen molar-refractivity contribution in [3.05, 3.63) is 68.7 Å². The summed E-state index contributed by atoms with van der Waals surface area (Å²) in [5, 5.41) is 12.2. The van der Waals surface area contributed by atoms with Gasteiger partial charge in [-0.3, -0.25) is 15.0 Å². The molecule has 0 N–H and O–H groups in total. The Morgan fingerprint density at radius 3 is 2.52 bits per heavy atom. The summed E-state index contributed by atoms with van der Waals surface area (Å²) in [6.07, 6.45) is 4.18. The molecule has 7 heteroatoms. The Kier molecular flexibility index (Phi) is 6.33. The molecule has 2 aromatic rings. The summed E-state index contributed by atoms with van der Waals surface area (Å²) in [5.74, 6) is 0. The first-order valence-corrected chi connectivity index (χ1v) is 10.6. The van der Waals surface area contributed by atoms with Crippen LogP contribution in [0.5, 0.6) is 0 Å². The van der Waals surface area contributed by atoms with Crippen LogP contribution in [0.1, 0.15) is 43.0 Å². The molecule has 0 spiro atoms. The summed E-state index contributed by atoms with van der Waals surface area (Å²) in [6.45, 7) is 4.22. The number of ether oxygens (including phenoxy) is 1. The molecule has 1 atom stereocenters. The number of hydrogen-bond donors (Lipinski definition) is 0. The minimum Gasteiger partial charge on any atom is -0.371 e. The van der Waals surface area contributed by atoms with Gasteiger partial charge in [-0.2, -0.15) is 0 Å². The summed E-state index contributed by atoms with van der Waals surface area (Å²) in [5.41, 5.74) is 3.22. The Morgan fingerprint density at radius 1 is 1.03 bits per heavy atom. The van der Waals surface area contributed by atoms with Crippen LogP contribution in [-0.2, 0) is 11.3 Å². The molecule has 29 heavy (non-hydrogen) atoms. The Labute approximate surface area is 176 Å². The highest BCUT2D eigenvalue weighted by Crippen LogP contribution is 2.37. The molecule has 154 valence electrons. The normalized spacial score (nSPS) is 20.6. The average Bonchev–Trinajstić information content (AvgIpc) is 2.76. The Hall–Kier alpha value is -2.15. The smallest absolute Gasteiger partial charge is 0.270 e. The first kappa shape index (κ1) is 20.1. The lowest BCUT2D eigenvalue weighted by Gasteiger charge is -2.39. The molecule has 2 saturated heterocycles. The van der Waals surface area contributed by atoms with E-state index in [1.807, 2.05) is 30.3 Å². The van der Waals surface area contributed by atoms with Crippen LogP contribution in [0, 0.1) is 10.1 Å². The minimum atomic E-state index is -0.324. The van der Waals surface area contributed by atoms with Crippen LogP contribution >= 0.6 is 11.6 Å². The number of piperidine rings is 1. The van der Waals surface area contributed by atoms with Crippen molar-refractivity contribution in [2.75, 3.05) is 31.1 Å². The molecule has 6 nitrogen and oxygen atoms in total. The zero-order valence-electron chi connectivity index (χ0n) is 16.4. The number of hydrogen-bond acceptors (Lipinski definition) is 5. The zero-order valence-corrected chi connectivity index (χ0v) is 17.2. The SMILES string of the molecule is O=[N+]([O-])c1ccc(N2CCCCC2)c(C2OCCCN2Cc2ccc(Cl)cc2)c1. The van der Waals surface area contributed by atoms with Crippen molar-refractivity contribution in [1.29, 1.82) is 0 Å². The van der Waals surface area contributed by atoms with Gasteiger partial charge in [0.05, 0.1) is 11.5 Å². The van der Waals surface area contributed by atoms with E-state index in [0.29, 0.717) is 18.2 Å². The van der Waals surface area contributed by atoms with Crippen LogP contribution in [0.15, 0.2) is 42.5 Å². The number of nitro groups is 1. The molecule has 2 heterocycles. The van der Waals surface area contributed by atoms with Gasteiger partial charge in [0.25, 0.3) is 5.69 Å². The van der Waals surface area contributed by atoms with Crippen LogP contribution in [0.4, 0.5) is 11.4 Å². The number of rotatable bonds is 5. The van der Waals surface area contributed by atoms with Crippen molar-refractivity contribution >= 4 is 23.0 Å². The second kappa shape index (κ2) is 9.11. The predicted octanol–water partition coefficient (Wildman–Crippen LogP) is 5.16. The predicted molar refractivity (Wildman–Crippen MR) is 114 cm³/mol. The Morgan fingerprint density at radius 2 is 1.79 bits per heavy atom. The maximum absolute atomic E-state index is 11.5. The van der Waals surface area contributed by atoms with E-state index in [1.54, 1.807) is 12.1 Å². The van der Waals surface area contributed by atoms with E-state index in [0.717, 1.165) is 55.7 Å². The highest BCUT2D eigenvalue weighted by atomic mass is 35.5. The van der Waals surface area contributed by atoms with Crippen LogP contribution < -0.4 is 4.90 Å². The fourth-order valence-electron chi connectivity index (χ4n) is 4.23.